The van der Waals surface area contributed by atoms with Crippen LogP contribution < -0.4 is 0 Å². The molecular formula is C8H10NO6P. The van der Waals surface area contributed by atoms with Crippen LogP contribution in [0.1, 0.15) is 15.9 Å². The number of carbonyl (C=O) groups excluding carboxylic acids is 1. The fourth-order valence-electron chi connectivity index (χ4n) is 0.932. The van der Waals surface area contributed by atoms with E-state index in [1.54, 1.807) is 0 Å². The lowest BCUT2D eigenvalue weighted by Gasteiger charge is -2.11. The molecule has 0 fully saturated rings. The molecule has 0 aliphatic heterocycles. The first-order valence-corrected chi connectivity index (χ1v) is 5.63. The van der Waals surface area contributed by atoms with Gasteiger partial charge >= 0.3 is 7.82 Å². The minimum absolute atomic E-state index is 0.229. The van der Waals surface area contributed by atoms with E-state index in [4.69, 9.17) is 9.78 Å². The molecule has 0 saturated carbocycles. The van der Waals surface area contributed by atoms with Crippen molar-refractivity contribution in [1.29, 1.82) is 0 Å². The molecule has 0 saturated heterocycles. The Bertz CT molecular complexity index is 401. The number of nitrogens with zero attached hydrogens (tertiary/aromatic N) is 1. The Kier molecular flexibility index (Phi) is 4.72. The summed E-state index contributed by atoms with van der Waals surface area (Å²) in [5.74, 6) is 0. The van der Waals surface area contributed by atoms with E-state index in [-0.39, 0.29) is 6.61 Å². The number of aromatic nitrogens is 1. The first kappa shape index (κ1) is 13.0. The second-order valence-electron chi connectivity index (χ2n) is 2.68. The molecular weight excluding hydrogens is 237 g/mol. The number of aldehydes is 1. The largest absolute Gasteiger partial charge is 0.501 e. The topological polar surface area (TPSA) is 95.0 Å². The molecule has 0 aliphatic rings. The van der Waals surface area contributed by atoms with Crippen LogP contribution >= 0.6 is 7.82 Å². The van der Waals surface area contributed by atoms with Gasteiger partial charge in [0, 0.05) is 30.6 Å². The van der Waals surface area contributed by atoms with Crippen LogP contribution in [0.2, 0.25) is 0 Å². The maximum absolute atomic E-state index is 11.3. The van der Waals surface area contributed by atoms with Gasteiger partial charge in [-0.25, -0.2) is 9.82 Å². The van der Waals surface area contributed by atoms with Crippen LogP contribution in [0.4, 0.5) is 0 Å². The average Bonchev–Trinajstić information content (AvgIpc) is 2.36. The predicted molar refractivity (Wildman–Crippen MR) is 52.7 cm³/mol. The summed E-state index contributed by atoms with van der Waals surface area (Å²) in [6.07, 6.45) is 3.42. The van der Waals surface area contributed by atoms with E-state index in [9.17, 15) is 9.36 Å². The monoisotopic (exact) mass is 247 g/mol. The minimum Gasteiger partial charge on any atom is -0.298 e. The van der Waals surface area contributed by atoms with Crippen molar-refractivity contribution >= 4 is 14.1 Å². The van der Waals surface area contributed by atoms with Crippen molar-refractivity contribution in [1.82, 2.24) is 4.98 Å². The highest BCUT2D eigenvalue weighted by atomic mass is 31.2. The molecule has 1 aromatic heterocycles. The van der Waals surface area contributed by atoms with Gasteiger partial charge in [-0.15, -0.1) is 4.67 Å². The van der Waals surface area contributed by atoms with Gasteiger partial charge in [0.05, 0.1) is 6.61 Å². The molecule has 1 unspecified atom stereocenters. The SMILES string of the molecule is COP(=O)(OO)OCc1cnccc1C=O. The van der Waals surface area contributed by atoms with Crippen LogP contribution in [0.5, 0.6) is 0 Å². The predicted octanol–water partition coefficient (Wildman–Crippen LogP) is 1.65. The number of hydrogen-bond acceptors (Lipinski definition) is 7. The molecule has 8 heteroatoms. The lowest BCUT2D eigenvalue weighted by Crippen LogP contribution is -1.99. The second kappa shape index (κ2) is 5.83. The zero-order valence-corrected chi connectivity index (χ0v) is 9.29. The first-order chi connectivity index (χ1) is 7.65. The maximum Gasteiger partial charge on any atom is 0.501 e. The first-order valence-electron chi connectivity index (χ1n) is 4.16. The Morgan fingerprint density at radius 1 is 1.62 bits per heavy atom. The average molecular weight is 247 g/mol. The minimum atomic E-state index is -3.97. The van der Waals surface area contributed by atoms with E-state index in [0.717, 1.165) is 7.11 Å². The Hall–Kier alpha value is -1.11. The molecule has 1 heterocycles. The second-order valence-corrected chi connectivity index (χ2v) is 4.36. The quantitative estimate of drug-likeness (QED) is 0.353. The molecule has 16 heavy (non-hydrogen) atoms. The van der Waals surface area contributed by atoms with Crippen molar-refractivity contribution in [2.24, 2.45) is 0 Å². The third kappa shape index (κ3) is 3.19. The number of carbonyl (C=O) groups is 1. The van der Waals surface area contributed by atoms with Crippen LogP contribution in [-0.2, 0) is 24.9 Å². The van der Waals surface area contributed by atoms with Crippen molar-refractivity contribution in [2.75, 3.05) is 7.11 Å². The number of phosphoric acid groups is 1. The van der Waals surface area contributed by atoms with E-state index < -0.39 is 7.82 Å². The van der Waals surface area contributed by atoms with E-state index >= 15 is 0 Å². The smallest absolute Gasteiger partial charge is 0.298 e. The van der Waals surface area contributed by atoms with Crippen LogP contribution in [0.15, 0.2) is 18.5 Å². The lowest BCUT2D eigenvalue weighted by molar-refractivity contribution is -0.165. The number of hydrogen-bond donors (Lipinski definition) is 1. The molecule has 1 rings (SSSR count). The van der Waals surface area contributed by atoms with Gasteiger partial charge in [0.1, 0.15) is 0 Å². The standard InChI is InChI=1S/C8H10NO6P/c1-13-16(12,15-11)14-6-8-4-9-3-2-7(8)5-10/h2-5,11H,6H2,1H3. The van der Waals surface area contributed by atoms with E-state index in [1.807, 2.05) is 0 Å². The molecule has 0 bridgehead atoms. The van der Waals surface area contributed by atoms with Crippen LogP contribution in [-0.4, -0.2) is 23.6 Å². The molecule has 1 N–H and O–H groups in total. The highest BCUT2D eigenvalue weighted by Gasteiger charge is 2.25. The normalized spacial score (nSPS) is 14.4. The maximum atomic E-state index is 11.3. The van der Waals surface area contributed by atoms with Crippen LogP contribution in [0, 0.1) is 0 Å². The molecule has 7 nitrogen and oxygen atoms in total. The molecule has 88 valence electrons. The number of phosphoric ester groups is 1. The van der Waals surface area contributed by atoms with Gasteiger partial charge in [-0.1, -0.05) is 0 Å². The van der Waals surface area contributed by atoms with Crippen molar-refractivity contribution in [3.63, 3.8) is 0 Å². The summed E-state index contributed by atoms with van der Waals surface area (Å²) in [5.41, 5.74) is 0.752. The van der Waals surface area contributed by atoms with Gasteiger partial charge in [-0.05, 0) is 6.07 Å². The van der Waals surface area contributed by atoms with Crippen molar-refractivity contribution in [3.05, 3.63) is 29.6 Å². The zero-order valence-electron chi connectivity index (χ0n) is 8.40. The Balaban J connectivity index is 2.74. The Labute approximate surface area is 91.5 Å². The Morgan fingerprint density at radius 3 is 2.94 bits per heavy atom. The molecule has 0 aliphatic carbocycles. The summed E-state index contributed by atoms with van der Waals surface area (Å²) in [6, 6.07) is 1.48. The van der Waals surface area contributed by atoms with Gasteiger partial charge in [-0.2, -0.15) is 0 Å². The molecule has 0 aromatic carbocycles. The van der Waals surface area contributed by atoms with Crippen LogP contribution in [0.3, 0.4) is 0 Å². The van der Waals surface area contributed by atoms with Gasteiger partial charge in [0.15, 0.2) is 6.29 Å². The highest BCUT2D eigenvalue weighted by Crippen LogP contribution is 2.48. The summed E-state index contributed by atoms with van der Waals surface area (Å²) in [4.78, 5) is 14.4. The lowest BCUT2D eigenvalue weighted by atomic mass is 10.2. The summed E-state index contributed by atoms with van der Waals surface area (Å²) >= 11 is 0. The number of pyridine rings is 1. The van der Waals surface area contributed by atoms with Crippen molar-refractivity contribution < 1.29 is 28.3 Å². The Morgan fingerprint density at radius 2 is 2.38 bits per heavy atom. The van der Waals surface area contributed by atoms with Gasteiger partial charge in [0.25, 0.3) is 0 Å². The summed E-state index contributed by atoms with van der Waals surface area (Å²) in [5, 5.41) is 8.29. The summed E-state index contributed by atoms with van der Waals surface area (Å²) in [7, 11) is -2.91. The van der Waals surface area contributed by atoms with Crippen molar-refractivity contribution in [3.8, 4) is 0 Å². The van der Waals surface area contributed by atoms with E-state index in [1.165, 1.54) is 18.5 Å². The van der Waals surface area contributed by atoms with Crippen LogP contribution in [0.25, 0.3) is 0 Å². The van der Waals surface area contributed by atoms with Gasteiger partial charge in [0.2, 0.25) is 0 Å². The van der Waals surface area contributed by atoms with E-state index in [0.29, 0.717) is 17.4 Å². The summed E-state index contributed by atoms with van der Waals surface area (Å²) < 4.78 is 23.9. The third-order valence-corrected chi connectivity index (χ3v) is 2.86. The summed E-state index contributed by atoms with van der Waals surface area (Å²) in [6.45, 7) is -0.229. The molecule has 0 amide bonds. The third-order valence-electron chi connectivity index (χ3n) is 1.77. The zero-order chi connectivity index (χ0) is 12.0. The molecule has 1 aromatic rings. The molecule has 1 atom stereocenters. The van der Waals surface area contributed by atoms with E-state index in [2.05, 4.69) is 14.2 Å². The molecule has 0 spiro atoms. The fraction of sp³-hybridized carbons (Fsp3) is 0.250. The molecule has 0 radical (unpaired) electrons. The highest BCUT2D eigenvalue weighted by molar-refractivity contribution is 7.48. The van der Waals surface area contributed by atoms with Crippen molar-refractivity contribution in [2.45, 2.75) is 6.61 Å². The number of rotatable bonds is 6. The fourth-order valence-corrected chi connectivity index (χ4v) is 1.45. The van der Waals surface area contributed by atoms with Gasteiger partial charge < -0.3 is 0 Å². The van der Waals surface area contributed by atoms with Gasteiger partial charge in [-0.3, -0.25) is 18.8 Å².